The molecule has 158 valence electrons. The first kappa shape index (κ1) is 20.5. The van der Waals surface area contributed by atoms with Crippen molar-refractivity contribution in [2.75, 3.05) is 0 Å². The van der Waals surface area contributed by atoms with Crippen LogP contribution >= 0.6 is 0 Å². The van der Waals surface area contributed by atoms with Gasteiger partial charge in [0.15, 0.2) is 11.6 Å². The molecule has 1 fully saturated rings. The predicted molar refractivity (Wildman–Crippen MR) is 103 cm³/mol. The highest BCUT2D eigenvalue weighted by Crippen LogP contribution is 2.42. The number of benzene rings is 1. The molecule has 1 N–H and O–H groups in total. The van der Waals surface area contributed by atoms with Crippen LogP contribution in [0.5, 0.6) is 0 Å². The number of nitrogens with one attached hydrogen (secondary N) is 1. The highest BCUT2D eigenvalue weighted by atomic mass is 19.4. The number of amides is 1. The Labute approximate surface area is 175 Å². The van der Waals surface area contributed by atoms with Gasteiger partial charge in [-0.05, 0) is 61.6 Å². The first-order valence-corrected chi connectivity index (χ1v) is 9.55. The summed E-state index contributed by atoms with van der Waals surface area (Å²) in [7, 11) is 0. The summed E-state index contributed by atoms with van der Waals surface area (Å²) in [6, 6.07) is 7.95. The Morgan fingerprint density at radius 2 is 2.03 bits per heavy atom. The largest absolute Gasteiger partial charge is 0.416 e. The highest BCUT2D eigenvalue weighted by molar-refractivity contribution is 5.95. The van der Waals surface area contributed by atoms with Crippen LogP contribution in [0.2, 0.25) is 0 Å². The van der Waals surface area contributed by atoms with E-state index in [2.05, 4.69) is 20.4 Å². The van der Waals surface area contributed by atoms with Gasteiger partial charge >= 0.3 is 6.18 Å². The quantitative estimate of drug-likeness (QED) is 0.667. The van der Waals surface area contributed by atoms with Crippen molar-refractivity contribution < 1.29 is 18.0 Å². The van der Waals surface area contributed by atoms with Crippen molar-refractivity contribution in [2.24, 2.45) is 0 Å². The minimum Gasteiger partial charge on any atom is -0.342 e. The first-order valence-electron chi connectivity index (χ1n) is 9.55. The molecule has 2 aromatic heterocycles. The molecule has 2 heterocycles. The molecule has 0 saturated heterocycles. The third-order valence-corrected chi connectivity index (χ3v) is 5.00. The van der Waals surface area contributed by atoms with Gasteiger partial charge in [-0.15, -0.1) is 0 Å². The van der Waals surface area contributed by atoms with E-state index >= 15 is 0 Å². The van der Waals surface area contributed by atoms with Crippen LogP contribution in [-0.2, 0) is 6.18 Å². The van der Waals surface area contributed by atoms with Crippen LogP contribution in [0.4, 0.5) is 13.2 Å². The van der Waals surface area contributed by atoms with Gasteiger partial charge in [-0.2, -0.15) is 28.2 Å². The van der Waals surface area contributed by atoms with E-state index in [1.54, 1.807) is 19.1 Å². The third kappa shape index (κ3) is 4.40. The molecule has 31 heavy (non-hydrogen) atoms. The minimum absolute atomic E-state index is 0.0499. The zero-order valence-electron chi connectivity index (χ0n) is 16.4. The van der Waals surface area contributed by atoms with Crippen molar-refractivity contribution in [1.82, 2.24) is 25.1 Å². The SMILES string of the molecule is C[C@H](NC(=O)c1cc(C2CC2)cc(C(F)(F)F)c1)c1ncnn1-c1ccc(C#N)cn1. The number of alkyl halides is 3. The smallest absolute Gasteiger partial charge is 0.342 e. The fourth-order valence-corrected chi connectivity index (χ4v) is 3.24. The Morgan fingerprint density at radius 1 is 1.26 bits per heavy atom. The average molecular weight is 426 g/mol. The van der Waals surface area contributed by atoms with Gasteiger partial charge in [0.05, 0.1) is 17.2 Å². The minimum atomic E-state index is -4.53. The number of rotatable bonds is 5. The normalized spacial score (nSPS) is 14.7. The molecule has 0 unspecified atom stereocenters. The van der Waals surface area contributed by atoms with Gasteiger partial charge in [0.25, 0.3) is 5.91 Å². The lowest BCUT2D eigenvalue weighted by Gasteiger charge is -2.16. The Hall–Kier alpha value is -3.74. The second kappa shape index (κ2) is 7.83. The van der Waals surface area contributed by atoms with Crippen LogP contribution in [0.25, 0.3) is 5.82 Å². The molecule has 1 atom stereocenters. The number of hydrogen-bond donors (Lipinski definition) is 1. The van der Waals surface area contributed by atoms with E-state index < -0.39 is 23.7 Å². The predicted octanol–water partition coefficient (Wildman–Crippen LogP) is 3.92. The fraction of sp³-hybridized carbons (Fsp3) is 0.286. The summed E-state index contributed by atoms with van der Waals surface area (Å²) < 4.78 is 41.3. The summed E-state index contributed by atoms with van der Waals surface area (Å²) in [5.74, 6) is 0.169. The molecular formula is C21H17F3N6O. The van der Waals surface area contributed by atoms with E-state index in [9.17, 15) is 18.0 Å². The lowest BCUT2D eigenvalue weighted by atomic mass is 10.0. The molecule has 0 radical (unpaired) electrons. The standard InChI is InChI=1S/C21H17F3N6O/c1-12(19-27-11-28-30(19)18-5-2-13(9-25)10-26-18)29-20(31)16-6-15(14-3-4-14)7-17(8-16)21(22,23)24/h2,5-8,10-12,14H,3-4H2,1H3,(H,29,31)/t12-/m0/s1. The van der Waals surface area contributed by atoms with E-state index in [1.165, 1.54) is 23.3 Å². The van der Waals surface area contributed by atoms with Crippen LogP contribution in [-0.4, -0.2) is 25.7 Å². The molecule has 0 aliphatic heterocycles. The number of carbonyl (C=O) groups excluding carboxylic acids is 1. The molecule has 1 aliphatic rings. The maximum atomic E-state index is 13.3. The summed E-state index contributed by atoms with van der Waals surface area (Å²) in [5, 5.41) is 15.7. The number of halogens is 3. The number of hydrogen-bond acceptors (Lipinski definition) is 5. The van der Waals surface area contributed by atoms with E-state index in [0.29, 0.717) is 22.8 Å². The van der Waals surface area contributed by atoms with Crippen LogP contribution in [0, 0.1) is 11.3 Å². The maximum Gasteiger partial charge on any atom is 0.416 e. The van der Waals surface area contributed by atoms with Crippen molar-refractivity contribution in [3.05, 3.63) is 70.9 Å². The van der Waals surface area contributed by atoms with Crippen LogP contribution < -0.4 is 5.32 Å². The number of nitrogens with zero attached hydrogens (tertiary/aromatic N) is 5. The molecule has 10 heteroatoms. The van der Waals surface area contributed by atoms with E-state index in [4.69, 9.17) is 5.26 Å². The van der Waals surface area contributed by atoms with Gasteiger partial charge in [0.1, 0.15) is 12.4 Å². The van der Waals surface area contributed by atoms with Crippen molar-refractivity contribution in [2.45, 2.75) is 37.9 Å². The number of pyridine rings is 1. The zero-order valence-corrected chi connectivity index (χ0v) is 16.4. The molecule has 7 nitrogen and oxygen atoms in total. The van der Waals surface area contributed by atoms with Gasteiger partial charge in [0.2, 0.25) is 0 Å². The van der Waals surface area contributed by atoms with Crippen LogP contribution in [0.3, 0.4) is 0 Å². The number of aromatic nitrogens is 4. The monoisotopic (exact) mass is 426 g/mol. The van der Waals surface area contributed by atoms with Gasteiger partial charge in [0, 0.05) is 11.8 Å². The second-order valence-electron chi connectivity index (χ2n) is 7.36. The summed E-state index contributed by atoms with van der Waals surface area (Å²) >= 11 is 0. The van der Waals surface area contributed by atoms with Gasteiger partial charge in [-0.3, -0.25) is 4.79 Å². The molecule has 1 aliphatic carbocycles. The Kier molecular flexibility index (Phi) is 5.19. The van der Waals surface area contributed by atoms with E-state index in [0.717, 1.165) is 25.0 Å². The lowest BCUT2D eigenvalue weighted by Crippen LogP contribution is -2.29. The fourth-order valence-electron chi connectivity index (χ4n) is 3.24. The molecule has 3 aromatic rings. The van der Waals surface area contributed by atoms with Gasteiger partial charge < -0.3 is 5.32 Å². The van der Waals surface area contributed by atoms with E-state index in [-0.39, 0.29) is 11.5 Å². The summed E-state index contributed by atoms with van der Waals surface area (Å²) in [6.07, 6.45) is -0.231. The number of carbonyl (C=O) groups is 1. The van der Waals surface area contributed by atoms with Gasteiger partial charge in [-0.1, -0.05) is 0 Å². The van der Waals surface area contributed by atoms with Crippen molar-refractivity contribution >= 4 is 5.91 Å². The summed E-state index contributed by atoms with van der Waals surface area (Å²) in [5.41, 5.74) is 0.0196. The molecule has 1 amide bonds. The topological polar surface area (TPSA) is 96.5 Å². The first-order chi connectivity index (χ1) is 14.8. The molecule has 0 spiro atoms. The van der Waals surface area contributed by atoms with Crippen molar-refractivity contribution in [3.63, 3.8) is 0 Å². The second-order valence-corrected chi connectivity index (χ2v) is 7.36. The van der Waals surface area contributed by atoms with Crippen LogP contribution in [0.15, 0.2) is 42.9 Å². The Bertz CT molecular complexity index is 1160. The highest BCUT2D eigenvalue weighted by Gasteiger charge is 2.34. The summed E-state index contributed by atoms with van der Waals surface area (Å²) in [4.78, 5) is 21.1. The summed E-state index contributed by atoms with van der Waals surface area (Å²) in [6.45, 7) is 1.65. The molecule has 1 saturated carbocycles. The molecule has 0 bridgehead atoms. The maximum absolute atomic E-state index is 13.3. The molecule has 1 aromatic carbocycles. The van der Waals surface area contributed by atoms with E-state index in [1.807, 2.05) is 6.07 Å². The zero-order chi connectivity index (χ0) is 22.2. The third-order valence-electron chi connectivity index (χ3n) is 5.00. The van der Waals surface area contributed by atoms with Crippen molar-refractivity contribution in [3.8, 4) is 11.9 Å². The van der Waals surface area contributed by atoms with Crippen molar-refractivity contribution in [1.29, 1.82) is 5.26 Å². The lowest BCUT2D eigenvalue weighted by molar-refractivity contribution is -0.137. The Balaban J connectivity index is 1.58. The van der Waals surface area contributed by atoms with Crippen LogP contribution in [0.1, 0.15) is 64.6 Å². The molecule has 4 rings (SSSR count). The average Bonchev–Trinajstić information content (AvgIpc) is 3.49. The molecular weight excluding hydrogens is 409 g/mol. The number of nitriles is 1. The van der Waals surface area contributed by atoms with Gasteiger partial charge in [-0.25, -0.2) is 9.97 Å². The Morgan fingerprint density at radius 3 is 2.65 bits per heavy atom.